The molecule has 3 heteroatoms. The van der Waals surface area contributed by atoms with E-state index < -0.39 is 0 Å². The number of hydrogen-bond acceptors (Lipinski definition) is 2. The van der Waals surface area contributed by atoms with Gasteiger partial charge in [0.05, 0.1) is 0 Å². The molecule has 75 heavy (non-hydrogen) atoms. The normalized spacial score (nSPS) is 19.1. The van der Waals surface area contributed by atoms with Gasteiger partial charge in [-0.1, -0.05) is 172 Å². The molecule has 0 fully saturated rings. The minimum Gasteiger partial charge on any atom is -0.460 e. The molecule has 0 N–H and O–H groups in total. The van der Waals surface area contributed by atoms with Crippen molar-refractivity contribution in [2.75, 3.05) is 4.90 Å². The van der Waals surface area contributed by atoms with Gasteiger partial charge in [-0.2, -0.15) is 0 Å². The molecular weight excluding hydrogens is 909 g/mol. The zero-order chi connectivity index (χ0) is 50.7. The summed E-state index contributed by atoms with van der Waals surface area (Å²) in [6, 6.07) is 35.2. The van der Waals surface area contributed by atoms with Gasteiger partial charge in [-0.25, -0.2) is 0 Å². The Kier molecular flexibility index (Phi) is 13.5. The first-order valence-electron chi connectivity index (χ1n) is 27.1. The first kappa shape index (κ1) is 47.6. The quantitative estimate of drug-likeness (QED) is 0.101. The second kappa shape index (κ2) is 21.2. The van der Waals surface area contributed by atoms with Crippen LogP contribution in [0.3, 0.4) is 0 Å². The van der Waals surface area contributed by atoms with Gasteiger partial charge in [0.1, 0.15) is 11.3 Å². The van der Waals surface area contributed by atoms with E-state index in [9.17, 15) is 0 Å². The van der Waals surface area contributed by atoms with Gasteiger partial charge in [0.25, 0.3) is 0 Å². The van der Waals surface area contributed by atoms with Crippen LogP contribution >= 0.6 is 0 Å². The van der Waals surface area contributed by atoms with Crippen LogP contribution in [0.5, 0.6) is 0 Å². The van der Waals surface area contributed by atoms with Crippen molar-refractivity contribution in [3.63, 3.8) is 0 Å². The molecule has 2 aromatic heterocycles. The number of nitrogens with zero attached hydrogens (tertiary/aromatic N) is 2. The van der Waals surface area contributed by atoms with E-state index in [1.54, 1.807) is 6.08 Å². The van der Waals surface area contributed by atoms with E-state index in [2.05, 4.69) is 211 Å². The molecule has 0 bridgehead atoms. The second-order valence-electron chi connectivity index (χ2n) is 20.5. The summed E-state index contributed by atoms with van der Waals surface area (Å²) in [5.41, 5.74) is 24.1. The van der Waals surface area contributed by atoms with Gasteiger partial charge >= 0.3 is 0 Å². The zero-order valence-electron chi connectivity index (χ0n) is 42.9. The van der Waals surface area contributed by atoms with E-state index in [-0.39, 0.29) is 0 Å². The van der Waals surface area contributed by atoms with Crippen LogP contribution in [0, 0.1) is 5.92 Å². The summed E-state index contributed by atoms with van der Waals surface area (Å²) in [5, 5.41) is 1.24. The van der Waals surface area contributed by atoms with Crippen molar-refractivity contribution in [1.82, 2.24) is 4.57 Å². The first-order chi connectivity index (χ1) is 37.0. The lowest BCUT2D eigenvalue weighted by atomic mass is 9.80. The van der Waals surface area contributed by atoms with E-state index in [0.717, 1.165) is 98.2 Å². The van der Waals surface area contributed by atoms with Gasteiger partial charge < -0.3 is 13.9 Å². The number of rotatable bonds is 14. The summed E-state index contributed by atoms with van der Waals surface area (Å²) >= 11 is 0. The van der Waals surface area contributed by atoms with Crippen LogP contribution in [0.25, 0.3) is 51.6 Å². The standard InChI is InChI=1S/C72H64N2O/c1-4-16-50(5-2)17-15-22-61(6-3)73(63-40-33-53(34-41-63)51-18-9-7-10-19-51)64-42-35-54(36-43-64)52-25-27-56(28-26-52)59-38-45-71-67(48-59)68-49-60(39-46-72(68)75-71)57-31-29-55(30-32-57)58-37-44-70-66(47-58)65-23-13-14-24-69(65)74(70)62-20-11-8-12-21-62/h4-7,9-11,13,15-23,25,27,29-31,33-37,39-44,46,48-49,57-58H,1-3,8,12,14,24,26,28,32,38,45,47H2. The van der Waals surface area contributed by atoms with Crippen LogP contribution in [0.4, 0.5) is 11.4 Å². The topological polar surface area (TPSA) is 21.3 Å². The number of furan rings is 1. The van der Waals surface area contributed by atoms with Gasteiger partial charge in [-0.05, 0) is 186 Å². The number of allylic oxidation sites excluding steroid dienone is 23. The van der Waals surface area contributed by atoms with Crippen LogP contribution < -0.4 is 4.90 Å². The highest BCUT2D eigenvalue weighted by molar-refractivity contribution is 5.91. The molecule has 12 rings (SSSR count). The van der Waals surface area contributed by atoms with Crippen LogP contribution in [-0.4, -0.2) is 4.57 Å². The van der Waals surface area contributed by atoms with Crippen molar-refractivity contribution in [3.05, 3.63) is 293 Å². The van der Waals surface area contributed by atoms with Crippen LogP contribution in [0.15, 0.2) is 252 Å². The molecule has 2 heterocycles. The molecule has 3 nitrogen and oxygen atoms in total. The fraction of sp³-hybridized carbons (Fsp3) is 0.167. The predicted molar refractivity (Wildman–Crippen MR) is 319 cm³/mol. The lowest BCUT2D eigenvalue weighted by molar-refractivity contribution is 0.543. The summed E-state index contributed by atoms with van der Waals surface area (Å²) in [6.07, 6.45) is 55.3. The number of benzene rings is 4. The number of aromatic nitrogens is 1. The number of aryl methyl sites for hydroxylation is 1. The van der Waals surface area contributed by atoms with E-state index in [1.165, 1.54) is 83.7 Å². The average Bonchev–Trinajstić information content (AvgIpc) is 4.06. The molecule has 0 saturated carbocycles. The van der Waals surface area contributed by atoms with Crippen LogP contribution in [0.1, 0.15) is 95.8 Å². The zero-order valence-corrected chi connectivity index (χ0v) is 42.9. The van der Waals surface area contributed by atoms with Gasteiger partial charge in [0.15, 0.2) is 0 Å². The lowest BCUT2D eigenvalue weighted by Crippen LogP contribution is -2.15. The molecule has 6 aliphatic rings. The monoisotopic (exact) mass is 973 g/mol. The molecule has 0 saturated heterocycles. The van der Waals surface area contributed by atoms with Gasteiger partial charge in [0.2, 0.25) is 0 Å². The maximum Gasteiger partial charge on any atom is 0.134 e. The molecule has 6 aliphatic carbocycles. The second-order valence-corrected chi connectivity index (χ2v) is 20.5. The Hall–Kier alpha value is -8.40. The summed E-state index contributed by atoms with van der Waals surface area (Å²) in [4.78, 5) is 2.26. The number of anilines is 2. The van der Waals surface area contributed by atoms with E-state index in [4.69, 9.17) is 4.42 Å². The molecule has 0 radical (unpaired) electrons. The Morgan fingerprint density at radius 2 is 1.40 bits per heavy atom. The highest BCUT2D eigenvalue weighted by Crippen LogP contribution is 2.44. The van der Waals surface area contributed by atoms with Crippen molar-refractivity contribution in [2.45, 2.75) is 70.1 Å². The van der Waals surface area contributed by atoms with Crippen molar-refractivity contribution in [1.29, 1.82) is 0 Å². The van der Waals surface area contributed by atoms with Gasteiger partial charge in [-0.15, -0.1) is 0 Å². The summed E-state index contributed by atoms with van der Waals surface area (Å²) in [7, 11) is 0. The fourth-order valence-corrected chi connectivity index (χ4v) is 12.1. The third-order valence-corrected chi connectivity index (χ3v) is 16.0. The maximum atomic E-state index is 6.54. The Labute approximate surface area is 443 Å². The molecule has 368 valence electrons. The van der Waals surface area contributed by atoms with Crippen molar-refractivity contribution >= 4 is 51.8 Å². The minimum atomic E-state index is 0.340. The smallest absolute Gasteiger partial charge is 0.134 e. The molecule has 0 spiro atoms. The SMILES string of the molecule is C=CC=C(C=C)C=CC=C(C=C)N(c1ccc(C2=CC=C(C3=Cc4c(oc5ccc(C6C=CC(C7C=Cc8c(c9c(n8C8=CCCC=C8)CCC=C9)C7)=CC6)cc45)CC3)CC2)cc1)c1ccc(-c2ccccc2)cc1. The lowest BCUT2D eigenvalue weighted by Gasteiger charge is -2.27. The van der Waals surface area contributed by atoms with Crippen LogP contribution in [-0.2, 0) is 19.3 Å². The molecule has 4 aromatic carbocycles. The maximum absolute atomic E-state index is 6.54. The van der Waals surface area contributed by atoms with E-state index in [1.807, 2.05) is 30.4 Å². The Morgan fingerprint density at radius 1 is 0.640 bits per heavy atom. The molecular formula is C72H64N2O. The summed E-state index contributed by atoms with van der Waals surface area (Å²) in [6.45, 7) is 12.1. The van der Waals surface area contributed by atoms with E-state index in [0.29, 0.717) is 11.8 Å². The van der Waals surface area contributed by atoms with Crippen LogP contribution in [0.2, 0.25) is 0 Å². The van der Waals surface area contributed by atoms with Crippen molar-refractivity contribution in [2.24, 2.45) is 5.92 Å². The number of fused-ring (bicyclic) bond motifs is 6. The van der Waals surface area contributed by atoms with Crippen molar-refractivity contribution < 1.29 is 4.42 Å². The van der Waals surface area contributed by atoms with Gasteiger partial charge in [0, 0.05) is 63.4 Å². The highest BCUT2D eigenvalue weighted by Gasteiger charge is 2.29. The van der Waals surface area contributed by atoms with E-state index >= 15 is 0 Å². The number of hydrogen-bond donors (Lipinski definition) is 0. The Balaban J connectivity index is 0.753. The minimum absolute atomic E-state index is 0.340. The first-order valence-corrected chi connectivity index (χ1v) is 27.1. The highest BCUT2D eigenvalue weighted by atomic mass is 16.3. The van der Waals surface area contributed by atoms with Crippen molar-refractivity contribution in [3.8, 4) is 11.1 Å². The largest absolute Gasteiger partial charge is 0.460 e. The average molecular weight is 973 g/mol. The fourth-order valence-electron chi connectivity index (χ4n) is 12.1. The predicted octanol–water partition coefficient (Wildman–Crippen LogP) is 19.1. The molecule has 2 unspecified atom stereocenters. The Morgan fingerprint density at radius 3 is 2.13 bits per heavy atom. The van der Waals surface area contributed by atoms with Gasteiger partial charge in [-0.3, -0.25) is 0 Å². The summed E-state index contributed by atoms with van der Waals surface area (Å²) in [5.74, 6) is 1.85. The molecule has 6 aromatic rings. The summed E-state index contributed by atoms with van der Waals surface area (Å²) < 4.78 is 9.10. The Bertz CT molecular complexity index is 3630. The molecule has 0 aliphatic heterocycles. The molecule has 0 amide bonds. The third kappa shape index (κ3) is 9.56. The third-order valence-electron chi connectivity index (χ3n) is 16.0. The molecule has 2 atom stereocenters.